The van der Waals surface area contributed by atoms with E-state index in [0.29, 0.717) is 41.4 Å². The Morgan fingerprint density at radius 3 is 3.00 bits per heavy atom. The molecule has 0 unspecified atom stereocenters. The lowest BCUT2D eigenvalue weighted by molar-refractivity contribution is 0.853. The molecule has 3 heterocycles. The number of nitrogens with zero attached hydrogens (tertiary/aromatic N) is 6. The quantitative estimate of drug-likeness (QED) is 0.733. The lowest BCUT2D eigenvalue weighted by Gasteiger charge is -2.06. The van der Waals surface area contributed by atoms with Crippen molar-refractivity contribution >= 4 is 29.1 Å². The number of anilines is 2. The van der Waals surface area contributed by atoms with Crippen LogP contribution in [0, 0.1) is 0 Å². The Bertz CT molecular complexity index is 723. The highest BCUT2D eigenvalue weighted by molar-refractivity contribution is 6.32. The van der Waals surface area contributed by atoms with Gasteiger partial charge in [-0.25, -0.2) is 14.5 Å². The maximum absolute atomic E-state index is 5.93. The highest BCUT2D eigenvalue weighted by Gasteiger charge is 2.06. The molecule has 3 aromatic heterocycles. The van der Waals surface area contributed by atoms with Gasteiger partial charge in [-0.05, 0) is 6.07 Å². The number of hydrogen-bond donors (Lipinski definition) is 2. The van der Waals surface area contributed by atoms with Gasteiger partial charge in [-0.2, -0.15) is 9.97 Å². The largest absolute Gasteiger partial charge is 0.372 e. The van der Waals surface area contributed by atoms with Crippen LogP contribution in [-0.4, -0.2) is 43.1 Å². The summed E-state index contributed by atoms with van der Waals surface area (Å²) in [6, 6.07) is 1.81. The number of rotatable bonds is 5. The number of hydrogen-bond acceptors (Lipinski definition) is 7. The van der Waals surface area contributed by atoms with Gasteiger partial charge in [-0.3, -0.25) is 0 Å². The first-order valence-electron chi connectivity index (χ1n) is 6.36. The number of nitrogens with one attached hydrogen (secondary N) is 2. The van der Waals surface area contributed by atoms with Crippen molar-refractivity contribution in [2.75, 3.05) is 24.2 Å². The van der Waals surface area contributed by atoms with Crippen molar-refractivity contribution in [2.45, 2.75) is 6.42 Å². The van der Waals surface area contributed by atoms with Gasteiger partial charge in [0.15, 0.2) is 5.82 Å². The van der Waals surface area contributed by atoms with E-state index in [2.05, 4.69) is 35.7 Å². The summed E-state index contributed by atoms with van der Waals surface area (Å²) in [7, 11) is 1.76. The van der Waals surface area contributed by atoms with Crippen LogP contribution in [-0.2, 0) is 6.42 Å². The number of halogens is 1. The molecule has 3 rings (SSSR count). The zero-order valence-electron chi connectivity index (χ0n) is 11.3. The molecule has 0 bridgehead atoms. The molecule has 0 fully saturated rings. The summed E-state index contributed by atoms with van der Waals surface area (Å²) in [4.78, 5) is 16.8. The van der Waals surface area contributed by atoms with Gasteiger partial charge >= 0.3 is 0 Å². The number of aromatic nitrogens is 6. The van der Waals surface area contributed by atoms with Crippen LogP contribution >= 0.6 is 11.6 Å². The average molecular weight is 305 g/mol. The van der Waals surface area contributed by atoms with E-state index in [-0.39, 0.29) is 0 Å². The van der Waals surface area contributed by atoms with Crippen molar-refractivity contribution in [1.82, 2.24) is 29.5 Å². The molecule has 21 heavy (non-hydrogen) atoms. The van der Waals surface area contributed by atoms with Gasteiger partial charge in [0, 0.05) is 32.4 Å². The second kappa shape index (κ2) is 5.88. The van der Waals surface area contributed by atoms with Crippen LogP contribution in [0.1, 0.15) is 5.82 Å². The predicted octanol–water partition coefficient (Wildman–Crippen LogP) is 1.26. The molecule has 3 aromatic rings. The summed E-state index contributed by atoms with van der Waals surface area (Å²) in [5.74, 6) is 2.39. The smallest absolute Gasteiger partial charge is 0.252 e. The average Bonchev–Trinajstić information content (AvgIpc) is 2.91. The normalized spacial score (nSPS) is 10.8. The SMILES string of the molecule is CNc1nc(NCCc2nc3ncccn3n2)ncc1Cl. The fourth-order valence-electron chi connectivity index (χ4n) is 1.80. The van der Waals surface area contributed by atoms with Crippen molar-refractivity contribution in [3.8, 4) is 0 Å². The molecule has 0 aliphatic rings. The summed E-state index contributed by atoms with van der Waals surface area (Å²) in [5, 5.41) is 10.8. The molecule has 0 atom stereocenters. The summed E-state index contributed by atoms with van der Waals surface area (Å²) >= 11 is 5.93. The van der Waals surface area contributed by atoms with E-state index in [4.69, 9.17) is 11.6 Å². The van der Waals surface area contributed by atoms with Crippen LogP contribution < -0.4 is 10.6 Å². The third-order valence-corrected chi connectivity index (χ3v) is 3.05. The highest BCUT2D eigenvalue weighted by Crippen LogP contribution is 2.18. The van der Waals surface area contributed by atoms with E-state index in [1.54, 1.807) is 24.0 Å². The maximum atomic E-state index is 5.93. The van der Waals surface area contributed by atoms with Crippen LogP contribution in [0.5, 0.6) is 0 Å². The van der Waals surface area contributed by atoms with E-state index < -0.39 is 0 Å². The summed E-state index contributed by atoms with van der Waals surface area (Å²) < 4.78 is 1.65. The molecule has 0 radical (unpaired) electrons. The minimum absolute atomic E-state index is 0.483. The van der Waals surface area contributed by atoms with E-state index in [1.165, 1.54) is 0 Å². The molecule has 108 valence electrons. The van der Waals surface area contributed by atoms with Crippen LogP contribution in [0.4, 0.5) is 11.8 Å². The highest BCUT2D eigenvalue weighted by atomic mass is 35.5. The van der Waals surface area contributed by atoms with Gasteiger partial charge in [-0.1, -0.05) is 11.6 Å². The van der Waals surface area contributed by atoms with E-state index >= 15 is 0 Å². The zero-order chi connectivity index (χ0) is 14.7. The first-order valence-corrected chi connectivity index (χ1v) is 6.74. The van der Waals surface area contributed by atoms with Crippen molar-refractivity contribution < 1.29 is 0 Å². The van der Waals surface area contributed by atoms with Crippen LogP contribution in [0.3, 0.4) is 0 Å². The van der Waals surface area contributed by atoms with Gasteiger partial charge in [0.2, 0.25) is 5.95 Å². The van der Waals surface area contributed by atoms with Gasteiger partial charge in [-0.15, -0.1) is 5.10 Å². The first kappa shape index (κ1) is 13.5. The van der Waals surface area contributed by atoms with Crippen LogP contribution in [0.25, 0.3) is 5.78 Å². The Balaban J connectivity index is 1.63. The maximum Gasteiger partial charge on any atom is 0.252 e. The van der Waals surface area contributed by atoms with Crippen molar-refractivity contribution in [3.05, 3.63) is 35.5 Å². The number of fused-ring (bicyclic) bond motifs is 1. The minimum atomic E-state index is 0.483. The molecular formula is C12H13ClN8. The Morgan fingerprint density at radius 2 is 2.19 bits per heavy atom. The third kappa shape index (κ3) is 3.00. The molecule has 0 aliphatic carbocycles. The molecule has 0 saturated carbocycles. The summed E-state index contributed by atoms with van der Waals surface area (Å²) in [6.45, 7) is 0.613. The molecule has 0 spiro atoms. The lowest BCUT2D eigenvalue weighted by atomic mass is 10.4. The molecule has 0 aromatic carbocycles. The third-order valence-electron chi connectivity index (χ3n) is 2.77. The fraction of sp³-hybridized carbons (Fsp3) is 0.250. The van der Waals surface area contributed by atoms with E-state index in [1.807, 2.05) is 12.3 Å². The lowest BCUT2D eigenvalue weighted by Crippen LogP contribution is -2.09. The fourth-order valence-corrected chi connectivity index (χ4v) is 1.98. The topological polar surface area (TPSA) is 92.9 Å². The van der Waals surface area contributed by atoms with E-state index in [9.17, 15) is 0 Å². The molecule has 2 N–H and O–H groups in total. The Hall–Kier alpha value is -2.48. The van der Waals surface area contributed by atoms with Gasteiger partial charge in [0.05, 0.1) is 6.20 Å². The predicted molar refractivity (Wildman–Crippen MR) is 79.6 cm³/mol. The monoisotopic (exact) mass is 304 g/mol. The van der Waals surface area contributed by atoms with Crippen molar-refractivity contribution in [2.24, 2.45) is 0 Å². The van der Waals surface area contributed by atoms with Gasteiger partial charge < -0.3 is 10.6 Å². The second-order valence-corrected chi connectivity index (χ2v) is 4.62. The second-order valence-electron chi connectivity index (χ2n) is 4.21. The standard InChI is InChI=1S/C12H13ClN8/c1-14-10-8(13)7-17-11(19-10)15-5-3-9-18-12-16-4-2-6-21(12)20-9/h2,4,6-7H,3,5H2,1H3,(H2,14,15,17,19). The minimum Gasteiger partial charge on any atom is -0.372 e. The molecule has 8 nitrogen and oxygen atoms in total. The Kier molecular flexibility index (Phi) is 3.78. The molecule has 0 saturated heterocycles. The molecular weight excluding hydrogens is 292 g/mol. The van der Waals surface area contributed by atoms with E-state index in [0.717, 1.165) is 0 Å². The Morgan fingerprint density at radius 1 is 1.29 bits per heavy atom. The molecule has 0 aliphatic heterocycles. The van der Waals surface area contributed by atoms with Crippen LogP contribution in [0.15, 0.2) is 24.7 Å². The molecule has 0 amide bonds. The van der Waals surface area contributed by atoms with Gasteiger partial charge in [0.25, 0.3) is 5.78 Å². The summed E-state index contributed by atoms with van der Waals surface area (Å²) in [5.41, 5.74) is 0. The van der Waals surface area contributed by atoms with Crippen molar-refractivity contribution in [3.63, 3.8) is 0 Å². The van der Waals surface area contributed by atoms with Crippen LogP contribution in [0.2, 0.25) is 5.02 Å². The first-order chi connectivity index (χ1) is 10.3. The Labute approximate surface area is 125 Å². The zero-order valence-corrected chi connectivity index (χ0v) is 12.0. The summed E-state index contributed by atoms with van der Waals surface area (Å²) in [6.07, 6.45) is 5.70. The van der Waals surface area contributed by atoms with Gasteiger partial charge in [0.1, 0.15) is 10.8 Å². The van der Waals surface area contributed by atoms with Crippen molar-refractivity contribution in [1.29, 1.82) is 0 Å². The molecule has 9 heteroatoms.